The molecule has 98 valence electrons. The molecule has 1 N–H and O–H groups in total. The molecular weight excluding hydrogens is 230 g/mol. The second-order valence-corrected chi connectivity index (χ2v) is 4.36. The van der Waals surface area contributed by atoms with Crippen LogP contribution in [0.2, 0.25) is 0 Å². The third-order valence-electron chi connectivity index (χ3n) is 3.01. The number of hydrogen-bond acceptors (Lipinski definition) is 3. The number of aromatic nitrogens is 3. The molecule has 1 aliphatic rings. The highest BCUT2D eigenvalue weighted by molar-refractivity contribution is 5.75. The van der Waals surface area contributed by atoms with Gasteiger partial charge in [0.15, 0.2) is 5.82 Å². The van der Waals surface area contributed by atoms with Crippen LogP contribution in [0.1, 0.15) is 25.6 Å². The van der Waals surface area contributed by atoms with Crippen molar-refractivity contribution in [3.63, 3.8) is 0 Å². The van der Waals surface area contributed by atoms with E-state index in [1.165, 1.54) is 0 Å². The van der Waals surface area contributed by atoms with Gasteiger partial charge in [-0.3, -0.25) is 0 Å². The first kappa shape index (κ1) is 12.6. The molecule has 2 amide bonds. The van der Waals surface area contributed by atoms with E-state index in [0.717, 1.165) is 25.2 Å². The maximum absolute atomic E-state index is 12.0. The highest BCUT2D eigenvalue weighted by Gasteiger charge is 2.31. The fourth-order valence-electron chi connectivity index (χ4n) is 1.86. The van der Waals surface area contributed by atoms with Gasteiger partial charge < -0.3 is 14.8 Å². The molecule has 0 aromatic carbocycles. The Hall–Kier alpha value is -1.85. The summed E-state index contributed by atoms with van der Waals surface area (Å²) in [5.74, 6) is 0.778. The Morgan fingerprint density at radius 2 is 2.50 bits per heavy atom. The summed E-state index contributed by atoms with van der Waals surface area (Å²) < 4.78 is 1.91. The molecule has 1 heterocycles. The van der Waals surface area contributed by atoms with Gasteiger partial charge in [-0.2, -0.15) is 0 Å². The van der Waals surface area contributed by atoms with Crippen molar-refractivity contribution in [2.75, 3.05) is 6.54 Å². The van der Waals surface area contributed by atoms with E-state index in [9.17, 15) is 4.79 Å². The molecule has 0 spiro atoms. The van der Waals surface area contributed by atoms with Crippen LogP contribution in [0.15, 0.2) is 19.0 Å². The van der Waals surface area contributed by atoms with Crippen LogP contribution >= 0.6 is 0 Å². The topological polar surface area (TPSA) is 63.1 Å². The Labute approximate surface area is 107 Å². The predicted molar refractivity (Wildman–Crippen MR) is 67.9 cm³/mol. The van der Waals surface area contributed by atoms with Crippen molar-refractivity contribution in [2.24, 2.45) is 0 Å². The fourth-order valence-corrected chi connectivity index (χ4v) is 1.86. The Morgan fingerprint density at radius 3 is 3.11 bits per heavy atom. The number of nitrogens with zero attached hydrogens (tertiary/aromatic N) is 4. The SMILES string of the molecule is C=CCN(C(=O)NCc1nncn1CC)C1CC1. The lowest BCUT2D eigenvalue weighted by Gasteiger charge is -2.20. The van der Waals surface area contributed by atoms with E-state index in [1.807, 2.05) is 16.4 Å². The number of urea groups is 1. The van der Waals surface area contributed by atoms with E-state index in [0.29, 0.717) is 19.1 Å². The quantitative estimate of drug-likeness (QED) is 0.769. The van der Waals surface area contributed by atoms with Crippen LogP contribution in [0.5, 0.6) is 0 Å². The minimum atomic E-state index is -0.0527. The zero-order chi connectivity index (χ0) is 13.0. The van der Waals surface area contributed by atoms with Crippen molar-refractivity contribution in [1.29, 1.82) is 0 Å². The first-order chi connectivity index (χ1) is 8.76. The highest BCUT2D eigenvalue weighted by atomic mass is 16.2. The molecule has 1 fully saturated rings. The molecule has 0 saturated heterocycles. The van der Waals surface area contributed by atoms with E-state index in [4.69, 9.17) is 0 Å². The van der Waals surface area contributed by atoms with Gasteiger partial charge in [-0.05, 0) is 19.8 Å². The summed E-state index contributed by atoms with van der Waals surface area (Å²) in [6, 6.07) is 0.329. The van der Waals surface area contributed by atoms with Crippen LogP contribution < -0.4 is 5.32 Å². The number of amides is 2. The molecule has 0 aliphatic heterocycles. The number of nitrogens with one attached hydrogen (secondary N) is 1. The molecule has 0 atom stereocenters. The monoisotopic (exact) mass is 249 g/mol. The Balaban J connectivity index is 1.88. The highest BCUT2D eigenvalue weighted by Crippen LogP contribution is 2.26. The van der Waals surface area contributed by atoms with Gasteiger partial charge in [0.25, 0.3) is 0 Å². The van der Waals surface area contributed by atoms with Gasteiger partial charge in [-0.25, -0.2) is 4.79 Å². The van der Waals surface area contributed by atoms with Crippen molar-refractivity contribution in [1.82, 2.24) is 25.0 Å². The lowest BCUT2D eigenvalue weighted by Crippen LogP contribution is -2.41. The van der Waals surface area contributed by atoms with Crippen LogP contribution in [-0.2, 0) is 13.1 Å². The maximum atomic E-state index is 12.0. The third kappa shape index (κ3) is 2.88. The molecule has 0 unspecified atom stereocenters. The number of carbonyl (C=O) groups excluding carboxylic acids is 1. The third-order valence-corrected chi connectivity index (χ3v) is 3.01. The largest absolute Gasteiger partial charge is 0.331 e. The standard InChI is InChI=1S/C12H19N5O/c1-3-7-17(10-5-6-10)12(18)13-8-11-15-14-9-16(11)4-2/h3,9-10H,1,4-8H2,2H3,(H,13,18). The van der Waals surface area contributed by atoms with Gasteiger partial charge in [0.05, 0.1) is 6.54 Å². The lowest BCUT2D eigenvalue weighted by atomic mass is 10.4. The molecule has 6 nitrogen and oxygen atoms in total. The molecule has 0 radical (unpaired) electrons. The normalized spacial score (nSPS) is 14.3. The van der Waals surface area contributed by atoms with Gasteiger partial charge in [-0.15, -0.1) is 16.8 Å². The Kier molecular flexibility index (Phi) is 3.96. The second kappa shape index (κ2) is 5.66. The summed E-state index contributed by atoms with van der Waals surface area (Å²) >= 11 is 0. The minimum Gasteiger partial charge on any atom is -0.331 e. The van der Waals surface area contributed by atoms with E-state index in [-0.39, 0.29) is 6.03 Å². The second-order valence-electron chi connectivity index (χ2n) is 4.36. The average molecular weight is 249 g/mol. The lowest BCUT2D eigenvalue weighted by molar-refractivity contribution is 0.200. The van der Waals surface area contributed by atoms with Crippen LogP contribution in [0.25, 0.3) is 0 Å². The minimum absolute atomic E-state index is 0.0527. The number of aryl methyl sites for hydroxylation is 1. The first-order valence-electron chi connectivity index (χ1n) is 6.28. The van der Waals surface area contributed by atoms with Crippen LogP contribution in [0, 0.1) is 0 Å². The average Bonchev–Trinajstić information content (AvgIpc) is 3.11. The first-order valence-corrected chi connectivity index (χ1v) is 6.28. The zero-order valence-corrected chi connectivity index (χ0v) is 10.7. The Morgan fingerprint density at radius 1 is 1.72 bits per heavy atom. The van der Waals surface area contributed by atoms with Crippen molar-refractivity contribution in [3.05, 3.63) is 24.8 Å². The summed E-state index contributed by atoms with van der Waals surface area (Å²) in [5.41, 5.74) is 0. The number of carbonyl (C=O) groups is 1. The van der Waals surface area contributed by atoms with Crippen LogP contribution in [0.4, 0.5) is 4.79 Å². The van der Waals surface area contributed by atoms with Crippen molar-refractivity contribution in [2.45, 2.75) is 38.9 Å². The number of rotatable bonds is 6. The van der Waals surface area contributed by atoms with Gasteiger partial charge in [0.2, 0.25) is 0 Å². The predicted octanol–water partition coefficient (Wildman–Crippen LogP) is 1.16. The summed E-state index contributed by atoms with van der Waals surface area (Å²) in [4.78, 5) is 13.8. The van der Waals surface area contributed by atoms with Crippen LogP contribution in [0.3, 0.4) is 0 Å². The van der Waals surface area contributed by atoms with E-state index in [1.54, 1.807) is 12.4 Å². The summed E-state index contributed by atoms with van der Waals surface area (Å²) in [6.07, 6.45) is 5.61. The molecule has 1 aromatic rings. The van der Waals surface area contributed by atoms with Crippen molar-refractivity contribution < 1.29 is 4.79 Å². The van der Waals surface area contributed by atoms with Gasteiger partial charge >= 0.3 is 6.03 Å². The summed E-state index contributed by atoms with van der Waals surface area (Å²) in [5, 5.41) is 10.7. The molecule has 2 rings (SSSR count). The molecular formula is C12H19N5O. The molecule has 18 heavy (non-hydrogen) atoms. The summed E-state index contributed by atoms with van der Waals surface area (Å²) in [6.45, 7) is 7.51. The molecule has 1 aromatic heterocycles. The molecule has 1 saturated carbocycles. The van der Waals surface area contributed by atoms with Crippen LogP contribution in [-0.4, -0.2) is 38.3 Å². The molecule has 0 bridgehead atoms. The van der Waals surface area contributed by atoms with Crippen molar-refractivity contribution >= 4 is 6.03 Å². The van der Waals surface area contributed by atoms with E-state index in [2.05, 4.69) is 22.1 Å². The maximum Gasteiger partial charge on any atom is 0.318 e. The van der Waals surface area contributed by atoms with E-state index < -0.39 is 0 Å². The van der Waals surface area contributed by atoms with Gasteiger partial charge in [-0.1, -0.05) is 6.08 Å². The van der Waals surface area contributed by atoms with E-state index >= 15 is 0 Å². The molecule has 1 aliphatic carbocycles. The summed E-state index contributed by atoms with van der Waals surface area (Å²) in [7, 11) is 0. The smallest absolute Gasteiger partial charge is 0.318 e. The Bertz CT molecular complexity index is 424. The zero-order valence-electron chi connectivity index (χ0n) is 10.7. The van der Waals surface area contributed by atoms with Gasteiger partial charge in [0.1, 0.15) is 6.33 Å². The van der Waals surface area contributed by atoms with Crippen molar-refractivity contribution in [3.8, 4) is 0 Å². The van der Waals surface area contributed by atoms with Gasteiger partial charge in [0, 0.05) is 19.1 Å². The fraction of sp³-hybridized carbons (Fsp3) is 0.583. The molecule has 6 heteroatoms. The number of hydrogen-bond donors (Lipinski definition) is 1.